The average molecular weight is 418 g/mol. The fraction of sp³-hybridized carbons (Fsp3) is 0.208. The van der Waals surface area contributed by atoms with Crippen LogP contribution in [0.5, 0.6) is 5.75 Å². The highest BCUT2D eigenvalue weighted by molar-refractivity contribution is 5.95. The normalized spacial score (nSPS) is 13.0. The Kier molecular flexibility index (Phi) is 6.12. The van der Waals surface area contributed by atoms with Crippen molar-refractivity contribution in [2.75, 3.05) is 6.61 Å². The Hall–Kier alpha value is -3.87. The molecule has 4 rings (SSSR count). The monoisotopic (exact) mass is 418 g/mol. The summed E-state index contributed by atoms with van der Waals surface area (Å²) in [7, 11) is 0. The van der Waals surface area contributed by atoms with E-state index in [0.29, 0.717) is 22.8 Å². The number of carbonyl (C=O) groups excluding carboxylic acids is 1. The molecule has 2 aromatic carbocycles. The van der Waals surface area contributed by atoms with Gasteiger partial charge >= 0.3 is 5.97 Å². The molecular weight excluding hydrogens is 396 g/mol. The van der Waals surface area contributed by atoms with Gasteiger partial charge in [0, 0.05) is 5.56 Å². The molecule has 158 valence electrons. The van der Waals surface area contributed by atoms with Gasteiger partial charge in [-0.15, -0.1) is 0 Å². The van der Waals surface area contributed by atoms with Crippen LogP contribution < -0.4 is 10.2 Å². The van der Waals surface area contributed by atoms with E-state index < -0.39 is 11.9 Å². The van der Waals surface area contributed by atoms with Crippen LogP contribution in [0.25, 0.3) is 11.3 Å². The van der Waals surface area contributed by atoms with Crippen molar-refractivity contribution in [3.8, 4) is 17.1 Å². The van der Waals surface area contributed by atoms with Crippen LogP contribution in [0.1, 0.15) is 40.1 Å². The highest BCUT2D eigenvalue weighted by atomic mass is 16.5. The number of nitrogens with one attached hydrogen (secondary N) is 1. The zero-order valence-corrected chi connectivity index (χ0v) is 16.8. The molecule has 1 heterocycles. The smallest absolute Gasteiger partial charge is 0.336 e. The number of hydrogen-bond acceptors (Lipinski definition) is 5. The Bertz CT molecular complexity index is 1130. The molecule has 0 unspecified atom stereocenters. The number of carbonyl (C=O) groups is 2. The quantitative estimate of drug-likeness (QED) is 0.445. The van der Waals surface area contributed by atoms with Gasteiger partial charge in [-0.05, 0) is 67.1 Å². The van der Waals surface area contributed by atoms with Gasteiger partial charge in [-0.3, -0.25) is 4.79 Å². The van der Waals surface area contributed by atoms with Crippen LogP contribution in [-0.2, 0) is 17.6 Å². The number of carboxylic acid groups (broad SMARTS) is 1. The molecule has 0 saturated carbocycles. The zero-order chi connectivity index (χ0) is 21.6. The lowest BCUT2D eigenvalue weighted by Crippen LogP contribution is -2.24. The van der Waals surface area contributed by atoms with Crippen LogP contribution >= 0.6 is 0 Å². The summed E-state index contributed by atoms with van der Waals surface area (Å²) < 4.78 is 11.2. The Labute approximate surface area is 179 Å². The minimum absolute atomic E-state index is 0.146. The van der Waals surface area contributed by atoms with Crippen molar-refractivity contribution in [3.05, 3.63) is 77.0 Å². The molecule has 1 aliphatic rings. The number of amides is 1. The molecule has 0 atom stereocenters. The lowest BCUT2D eigenvalue weighted by atomic mass is 9.92. The maximum Gasteiger partial charge on any atom is 0.336 e. The number of hydrazone groups is 1. The fourth-order valence-corrected chi connectivity index (χ4v) is 3.60. The number of hydrogen-bond donors (Lipinski definition) is 2. The van der Waals surface area contributed by atoms with Gasteiger partial charge in [-0.25, -0.2) is 10.2 Å². The third kappa shape index (κ3) is 5.01. The van der Waals surface area contributed by atoms with Gasteiger partial charge in [0.1, 0.15) is 17.3 Å². The SMILES string of the molecule is O=C(COc1ccc2c(c1)CCCC2)N/N=C\c1ccc(-c2ccccc2C(=O)O)o1. The predicted octanol–water partition coefficient (Wildman–Crippen LogP) is 4.05. The Morgan fingerprint density at radius 2 is 1.87 bits per heavy atom. The maximum atomic E-state index is 12.0. The Morgan fingerprint density at radius 1 is 1.06 bits per heavy atom. The number of fused-ring (bicyclic) bond motifs is 1. The molecule has 7 nitrogen and oxygen atoms in total. The molecule has 1 aromatic heterocycles. The van der Waals surface area contributed by atoms with Gasteiger partial charge < -0.3 is 14.3 Å². The van der Waals surface area contributed by atoms with Crippen molar-refractivity contribution in [2.24, 2.45) is 5.10 Å². The number of carboxylic acids is 1. The van der Waals surface area contributed by atoms with Crippen LogP contribution in [-0.4, -0.2) is 29.8 Å². The highest BCUT2D eigenvalue weighted by Gasteiger charge is 2.14. The second-order valence-electron chi connectivity index (χ2n) is 7.27. The molecular formula is C24H22N2O5. The first-order valence-corrected chi connectivity index (χ1v) is 10.1. The van der Waals surface area contributed by atoms with Crippen molar-refractivity contribution >= 4 is 18.1 Å². The van der Waals surface area contributed by atoms with Crippen LogP contribution in [0.15, 0.2) is 64.1 Å². The van der Waals surface area contributed by atoms with Gasteiger partial charge in [0.25, 0.3) is 5.91 Å². The lowest BCUT2D eigenvalue weighted by molar-refractivity contribution is -0.123. The summed E-state index contributed by atoms with van der Waals surface area (Å²) in [6.07, 6.45) is 5.90. The molecule has 1 amide bonds. The summed E-state index contributed by atoms with van der Waals surface area (Å²) in [6.45, 7) is -0.147. The van der Waals surface area contributed by atoms with Gasteiger partial charge in [0.2, 0.25) is 0 Å². The van der Waals surface area contributed by atoms with Crippen molar-refractivity contribution in [1.29, 1.82) is 0 Å². The van der Waals surface area contributed by atoms with Crippen LogP contribution in [0.3, 0.4) is 0 Å². The third-order valence-electron chi connectivity index (χ3n) is 5.12. The number of aryl methyl sites for hydroxylation is 2. The van der Waals surface area contributed by atoms with Gasteiger partial charge in [0.15, 0.2) is 6.61 Å². The first-order valence-electron chi connectivity index (χ1n) is 10.1. The summed E-state index contributed by atoms with van der Waals surface area (Å²) in [4.78, 5) is 23.4. The Balaban J connectivity index is 1.31. The summed E-state index contributed by atoms with van der Waals surface area (Å²) in [5.74, 6) is 0.0329. The Morgan fingerprint density at radius 3 is 2.71 bits per heavy atom. The van der Waals surface area contributed by atoms with Crippen LogP contribution in [0.2, 0.25) is 0 Å². The van der Waals surface area contributed by atoms with E-state index in [0.717, 1.165) is 12.8 Å². The fourth-order valence-electron chi connectivity index (χ4n) is 3.60. The molecule has 2 N–H and O–H groups in total. The van der Waals surface area contributed by atoms with Gasteiger partial charge in [-0.1, -0.05) is 24.3 Å². The minimum atomic E-state index is -1.03. The molecule has 0 radical (unpaired) electrons. The van der Waals surface area contributed by atoms with Crippen LogP contribution in [0.4, 0.5) is 0 Å². The van der Waals surface area contributed by atoms with Crippen molar-refractivity contribution in [1.82, 2.24) is 5.43 Å². The molecule has 1 aliphatic carbocycles. The lowest BCUT2D eigenvalue weighted by Gasteiger charge is -2.16. The summed E-state index contributed by atoms with van der Waals surface area (Å²) in [5.41, 5.74) is 5.66. The van der Waals surface area contributed by atoms with E-state index in [4.69, 9.17) is 9.15 Å². The van der Waals surface area contributed by atoms with E-state index in [1.807, 2.05) is 12.1 Å². The topological polar surface area (TPSA) is 101 Å². The molecule has 0 fully saturated rings. The maximum absolute atomic E-state index is 12.0. The summed E-state index contributed by atoms with van der Waals surface area (Å²) in [5, 5.41) is 13.2. The molecule has 0 bridgehead atoms. The second-order valence-corrected chi connectivity index (χ2v) is 7.27. The van der Waals surface area contributed by atoms with E-state index in [-0.39, 0.29) is 12.2 Å². The molecule has 31 heavy (non-hydrogen) atoms. The number of rotatable bonds is 7. The second kappa shape index (κ2) is 9.30. The molecule has 0 saturated heterocycles. The number of ether oxygens (including phenoxy) is 1. The average Bonchev–Trinajstić information content (AvgIpc) is 3.26. The van der Waals surface area contributed by atoms with Crippen molar-refractivity contribution < 1.29 is 23.8 Å². The standard InChI is InChI=1S/C24H22N2O5/c27-23(15-30-18-10-9-16-5-1-2-6-17(16)13-18)26-25-14-19-11-12-22(31-19)20-7-3-4-8-21(20)24(28)29/h3-4,7-14H,1-2,5-6,15H2,(H,26,27)(H,28,29)/b25-14-. The number of aromatic carboxylic acids is 1. The third-order valence-corrected chi connectivity index (χ3v) is 5.12. The molecule has 7 heteroatoms. The van der Waals surface area contributed by atoms with E-state index in [2.05, 4.69) is 16.6 Å². The van der Waals surface area contributed by atoms with Gasteiger partial charge in [0.05, 0.1) is 11.8 Å². The molecule has 0 spiro atoms. The summed E-state index contributed by atoms with van der Waals surface area (Å²) in [6, 6.07) is 15.8. The number of furan rings is 1. The first-order chi connectivity index (χ1) is 15.1. The number of nitrogens with zero attached hydrogens (tertiary/aromatic N) is 1. The minimum Gasteiger partial charge on any atom is -0.484 e. The van der Waals surface area contributed by atoms with Gasteiger partial charge in [-0.2, -0.15) is 5.10 Å². The van der Waals surface area contributed by atoms with Crippen molar-refractivity contribution in [3.63, 3.8) is 0 Å². The van der Waals surface area contributed by atoms with Crippen molar-refractivity contribution in [2.45, 2.75) is 25.7 Å². The summed E-state index contributed by atoms with van der Waals surface area (Å²) >= 11 is 0. The zero-order valence-electron chi connectivity index (χ0n) is 16.8. The van der Waals surface area contributed by atoms with E-state index >= 15 is 0 Å². The largest absolute Gasteiger partial charge is 0.484 e. The van der Waals surface area contributed by atoms with E-state index in [1.54, 1.807) is 30.3 Å². The molecule has 3 aromatic rings. The van der Waals surface area contributed by atoms with E-state index in [1.165, 1.54) is 36.2 Å². The number of benzene rings is 2. The highest BCUT2D eigenvalue weighted by Crippen LogP contribution is 2.26. The van der Waals surface area contributed by atoms with E-state index in [9.17, 15) is 14.7 Å². The first kappa shape index (κ1) is 20.4. The predicted molar refractivity (Wildman–Crippen MR) is 115 cm³/mol. The van der Waals surface area contributed by atoms with Crippen LogP contribution in [0, 0.1) is 0 Å². The molecule has 0 aliphatic heterocycles.